The topological polar surface area (TPSA) is 61.1 Å². The Balaban J connectivity index is 3.47. The second-order valence-corrected chi connectivity index (χ2v) is 3.46. The average Bonchev–Trinajstić information content (AvgIpc) is 2.08. The number of halogens is 2. The van der Waals surface area contributed by atoms with Crippen molar-refractivity contribution in [3.63, 3.8) is 0 Å². The fourth-order valence-corrected chi connectivity index (χ4v) is 1.53. The first-order chi connectivity index (χ1) is 6.06. The van der Waals surface area contributed by atoms with Crippen LogP contribution >= 0.6 is 27.5 Å². The maximum atomic E-state index is 10.6. The summed E-state index contributed by atoms with van der Waals surface area (Å²) < 4.78 is 0.256. The molecular weight excluding hydrogens is 257 g/mol. The molecule has 0 bridgehead atoms. The summed E-state index contributed by atoms with van der Waals surface area (Å²) in [5, 5.41) is 17.6. The first kappa shape index (κ1) is 10.0. The van der Waals surface area contributed by atoms with Crippen LogP contribution in [0.1, 0.15) is 15.9 Å². The summed E-state index contributed by atoms with van der Waals surface area (Å²) in [6, 6.07) is 4.52. The van der Waals surface area contributed by atoms with E-state index in [-0.39, 0.29) is 20.6 Å². The molecule has 0 amide bonds. The van der Waals surface area contributed by atoms with E-state index in [0.29, 0.717) is 0 Å². The molecule has 3 nitrogen and oxygen atoms in total. The molecule has 1 aromatic carbocycles. The number of carboxylic acid groups (broad SMARTS) is 1. The molecule has 1 N–H and O–H groups in total. The maximum Gasteiger partial charge on any atom is 0.336 e. The van der Waals surface area contributed by atoms with Gasteiger partial charge in [-0.05, 0) is 28.1 Å². The molecular formula is C8H3BrClNO2. The maximum absolute atomic E-state index is 10.6. The number of hydrogen-bond donors (Lipinski definition) is 1. The van der Waals surface area contributed by atoms with Crippen LogP contribution in [0.5, 0.6) is 0 Å². The fourth-order valence-electron chi connectivity index (χ4n) is 0.826. The lowest BCUT2D eigenvalue weighted by Crippen LogP contribution is -1.99. The molecule has 0 spiro atoms. The van der Waals surface area contributed by atoms with Gasteiger partial charge in [0.25, 0.3) is 0 Å². The molecule has 1 aromatic rings. The van der Waals surface area contributed by atoms with Crippen molar-refractivity contribution in [1.29, 1.82) is 5.26 Å². The zero-order chi connectivity index (χ0) is 10.0. The third-order valence-electron chi connectivity index (χ3n) is 1.39. The number of carbonyl (C=O) groups is 1. The average molecular weight is 260 g/mol. The van der Waals surface area contributed by atoms with Crippen molar-refractivity contribution >= 4 is 33.5 Å². The van der Waals surface area contributed by atoms with Gasteiger partial charge in [0.15, 0.2) is 0 Å². The molecule has 0 heterocycles. The van der Waals surface area contributed by atoms with Gasteiger partial charge in [0.1, 0.15) is 6.07 Å². The molecule has 1 rings (SSSR count). The highest BCUT2D eigenvalue weighted by atomic mass is 79.9. The van der Waals surface area contributed by atoms with Crippen molar-refractivity contribution in [3.05, 3.63) is 32.8 Å². The van der Waals surface area contributed by atoms with Crippen molar-refractivity contribution in [2.45, 2.75) is 0 Å². The standard InChI is InChI=1S/C8H3BrClNO2/c9-7-4(3-11)1-5(10)2-6(7)8(12)13/h1-2H,(H,12,13). The molecule has 0 unspecified atom stereocenters. The smallest absolute Gasteiger partial charge is 0.336 e. The minimum absolute atomic E-state index is 0.0101. The van der Waals surface area contributed by atoms with Gasteiger partial charge in [-0.15, -0.1) is 0 Å². The lowest BCUT2D eigenvalue weighted by atomic mass is 10.1. The van der Waals surface area contributed by atoms with Crippen molar-refractivity contribution in [1.82, 2.24) is 0 Å². The summed E-state index contributed by atoms with van der Waals surface area (Å²) in [5.41, 5.74) is 0.203. The van der Waals surface area contributed by atoms with Gasteiger partial charge in [0, 0.05) is 9.50 Å². The molecule has 0 aliphatic rings. The number of nitriles is 1. The summed E-state index contributed by atoms with van der Waals surface area (Å²) in [7, 11) is 0. The summed E-state index contributed by atoms with van der Waals surface area (Å²) in [5.74, 6) is -1.12. The Kier molecular flexibility index (Phi) is 2.91. The molecule has 66 valence electrons. The lowest BCUT2D eigenvalue weighted by Gasteiger charge is -2.01. The van der Waals surface area contributed by atoms with Gasteiger partial charge in [-0.2, -0.15) is 5.26 Å². The van der Waals surface area contributed by atoms with E-state index in [2.05, 4.69) is 15.9 Å². The monoisotopic (exact) mass is 259 g/mol. The van der Waals surface area contributed by atoms with Gasteiger partial charge >= 0.3 is 5.97 Å². The van der Waals surface area contributed by atoms with Gasteiger partial charge < -0.3 is 5.11 Å². The van der Waals surface area contributed by atoms with Gasteiger partial charge in [-0.1, -0.05) is 11.6 Å². The van der Waals surface area contributed by atoms with E-state index in [9.17, 15) is 4.79 Å². The molecule has 0 atom stereocenters. The van der Waals surface area contributed by atoms with Gasteiger partial charge in [-0.25, -0.2) is 4.79 Å². The highest BCUT2D eigenvalue weighted by Gasteiger charge is 2.13. The highest BCUT2D eigenvalue weighted by molar-refractivity contribution is 9.10. The van der Waals surface area contributed by atoms with Crippen LogP contribution in [-0.2, 0) is 0 Å². The number of rotatable bonds is 1. The van der Waals surface area contributed by atoms with Crippen LogP contribution in [0.15, 0.2) is 16.6 Å². The summed E-state index contributed by atoms with van der Waals surface area (Å²) in [4.78, 5) is 10.6. The van der Waals surface area contributed by atoms with Crippen LogP contribution in [-0.4, -0.2) is 11.1 Å². The summed E-state index contributed by atoms with van der Waals surface area (Å²) in [6.45, 7) is 0. The predicted molar refractivity (Wildman–Crippen MR) is 50.8 cm³/mol. The van der Waals surface area contributed by atoms with E-state index >= 15 is 0 Å². The van der Waals surface area contributed by atoms with Crippen molar-refractivity contribution in [2.24, 2.45) is 0 Å². The normalized spacial score (nSPS) is 9.31. The van der Waals surface area contributed by atoms with Crippen LogP contribution in [0, 0.1) is 11.3 Å². The van der Waals surface area contributed by atoms with Crippen LogP contribution in [0.3, 0.4) is 0 Å². The molecule has 0 aromatic heterocycles. The van der Waals surface area contributed by atoms with E-state index in [1.54, 1.807) is 0 Å². The molecule has 0 radical (unpaired) electrons. The quantitative estimate of drug-likeness (QED) is 0.844. The molecule has 0 aliphatic carbocycles. The first-order valence-corrected chi connectivity index (χ1v) is 4.35. The van der Waals surface area contributed by atoms with E-state index in [4.69, 9.17) is 22.0 Å². The second-order valence-electron chi connectivity index (χ2n) is 2.23. The minimum atomic E-state index is -1.12. The van der Waals surface area contributed by atoms with Gasteiger partial charge in [-0.3, -0.25) is 0 Å². The Hall–Kier alpha value is -1.05. The molecule has 0 aliphatic heterocycles. The molecule has 13 heavy (non-hydrogen) atoms. The highest BCUT2D eigenvalue weighted by Crippen LogP contribution is 2.25. The molecule has 0 fully saturated rings. The number of benzene rings is 1. The number of aromatic carboxylic acids is 1. The Bertz CT molecular complexity index is 411. The van der Waals surface area contributed by atoms with Crippen molar-refractivity contribution in [2.75, 3.05) is 0 Å². The van der Waals surface area contributed by atoms with Crippen LogP contribution in [0.25, 0.3) is 0 Å². The summed E-state index contributed by atoms with van der Waals surface area (Å²) in [6.07, 6.45) is 0. The molecule has 5 heteroatoms. The largest absolute Gasteiger partial charge is 0.478 e. The van der Waals surface area contributed by atoms with E-state index in [1.165, 1.54) is 12.1 Å². The lowest BCUT2D eigenvalue weighted by molar-refractivity contribution is 0.0696. The van der Waals surface area contributed by atoms with Gasteiger partial charge in [0.05, 0.1) is 11.1 Å². The zero-order valence-corrected chi connectivity index (χ0v) is 8.56. The number of carboxylic acids is 1. The Morgan fingerprint density at radius 1 is 1.62 bits per heavy atom. The third-order valence-corrected chi connectivity index (χ3v) is 2.46. The fraction of sp³-hybridized carbons (Fsp3) is 0. The predicted octanol–water partition coefficient (Wildman–Crippen LogP) is 2.67. The van der Waals surface area contributed by atoms with E-state index in [0.717, 1.165) is 0 Å². The van der Waals surface area contributed by atoms with Crippen LogP contribution in [0.4, 0.5) is 0 Å². The van der Waals surface area contributed by atoms with Gasteiger partial charge in [0.2, 0.25) is 0 Å². The number of nitrogens with zero attached hydrogens (tertiary/aromatic N) is 1. The van der Waals surface area contributed by atoms with E-state index in [1.807, 2.05) is 6.07 Å². The molecule has 0 saturated heterocycles. The molecule has 0 saturated carbocycles. The first-order valence-electron chi connectivity index (χ1n) is 3.18. The minimum Gasteiger partial charge on any atom is -0.478 e. The van der Waals surface area contributed by atoms with Crippen molar-refractivity contribution < 1.29 is 9.90 Å². The van der Waals surface area contributed by atoms with E-state index < -0.39 is 5.97 Å². The Morgan fingerprint density at radius 3 is 2.69 bits per heavy atom. The Labute approximate surface area is 87.7 Å². The SMILES string of the molecule is N#Cc1cc(Cl)cc(C(=O)O)c1Br. The zero-order valence-electron chi connectivity index (χ0n) is 6.21. The second kappa shape index (κ2) is 3.77. The van der Waals surface area contributed by atoms with Crippen LogP contribution < -0.4 is 0 Å². The summed E-state index contributed by atoms with van der Waals surface area (Å²) >= 11 is 8.62. The Morgan fingerprint density at radius 2 is 2.23 bits per heavy atom. The number of hydrogen-bond acceptors (Lipinski definition) is 2. The van der Waals surface area contributed by atoms with Crippen LogP contribution in [0.2, 0.25) is 5.02 Å². The third kappa shape index (κ3) is 2.00. The van der Waals surface area contributed by atoms with Crippen molar-refractivity contribution in [3.8, 4) is 6.07 Å².